The van der Waals surface area contributed by atoms with Crippen molar-refractivity contribution in [1.82, 2.24) is 10.2 Å². The highest BCUT2D eigenvalue weighted by molar-refractivity contribution is 6.04. The van der Waals surface area contributed by atoms with Crippen LogP contribution in [-0.2, 0) is 20.7 Å². The third-order valence-electron chi connectivity index (χ3n) is 4.90. The number of benzene rings is 1. The monoisotopic (exact) mass is 389 g/mol. The molecule has 7 nitrogen and oxygen atoms in total. The smallest absolute Gasteiger partial charge is 0.318 e. The van der Waals surface area contributed by atoms with Crippen molar-refractivity contribution in [2.75, 3.05) is 26.3 Å². The fraction of sp³-hybridized carbons (Fsp3) is 0.571. The Morgan fingerprint density at radius 3 is 2.36 bits per heavy atom. The second-order valence-corrected chi connectivity index (χ2v) is 7.61. The average Bonchev–Trinajstić information content (AvgIpc) is 2.68. The molecular weight excluding hydrogens is 358 g/mol. The van der Waals surface area contributed by atoms with E-state index >= 15 is 0 Å². The van der Waals surface area contributed by atoms with E-state index in [4.69, 9.17) is 10.5 Å². The number of carbonyl (C=O) groups excluding carboxylic acids is 3. The van der Waals surface area contributed by atoms with Gasteiger partial charge in [-0.25, -0.2) is 4.79 Å². The van der Waals surface area contributed by atoms with E-state index in [0.29, 0.717) is 45.6 Å². The molecule has 1 aliphatic heterocycles. The van der Waals surface area contributed by atoms with Crippen molar-refractivity contribution in [3.05, 3.63) is 35.9 Å². The first-order valence-electron chi connectivity index (χ1n) is 9.88. The Bertz CT molecular complexity index is 657. The van der Waals surface area contributed by atoms with Gasteiger partial charge >= 0.3 is 6.03 Å². The molecule has 0 aliphatic carbocycles. The zero-order chi connectivity index (χ0) is 20.5. The van der Waals surface area contributed by atoms with E-state index in [0.717, 1.165) is 5.56 Å². The van der Waals surface area contributed by atoms with E-state index in [9.17, 15) is 14.4 Å². The molecule has 7 heteroatoms. The van der Waals surface area contributed by atoms with Crippen LogP contribution in [0, 0.1) is 11.8 Å². The number of carbonyl (C=O) groups is 3. The summed E-state index contributed by atoms with van der Waals surface area (Å²) in [6.45, 7) is 5.90. The summed E-state index contributed by atoms with van der Waals surface area (Å²) in [7, 11) is 0. The molecule has 1 aromatic carbocycles. The van der Waals surface area contributed by atoms with E-state index in [1.54, 1.807) is 4.90 Å². The molecule has 0 bridgehead atoms. The summed E-state index contributed by atoms with van der Waals surface area (Å²) in [5.41, 5.74) is 6.59. The van der Waals surface area contributed by atoms with Gasteiger partial charge in [-0.15, -0.1) is 0 Å². The Balaban J connectivity index is 2.06. The van der Waals surface area contributed by atoms with Crippen LogP contribution in [0.1, 0.15) is 32.3 Å². The molecule has 3 amide bonds. The van der Waals surface area contributed by atoms with Crippen molar-refractivity contribution in [3.8, 4) is 0 Å². The number of hydrogen-bond acceptors (Lipinski definition) is 4. The molecule has 1 saturated heterocycles. The van der Waals surface area contributed by atoms with Crippen LogP contribution >= 0.6 is 0 Å². The van der Waals surface area contributed by atoms with Crippen molar-refractivity contribution in [1.29, 1.82) is 0 Å². The van der Waals surface area contributed by atoms with Crippen molar-refractivity contribution in [2.45, 2.75) is 39.2 Å². The number of nitrogens with zero attached hydrogens (tertiary/aromatic N) is 1. The third-order valence-corrected chi connectivity index (χ3v) is 4.90. The molecule has 1 aliphatic rings. The van der Waals surface area contributed by atoms with Crippen LogP contribution in [0.3, 0.4) is 0 Å². The standard InChI is InChI=1S/C21H31N3O4/c1-15(2)14-18(23-21(27)24-10-12-28-13-11-24)19(25)17(20(22)26)9-8-16-6-4-3-5-7-16/h3-7,15,17-18H,8-14H2,1-2H3,(H2,22,26)(H,23,27). The number of rotatable bonds is 9. The summed E-state index contributed by atoms with van der Waals surface area (Å²) >= 11 is 0. The maximum absolute atomic E-state index is 13.1. The van der Waals surface area contributed by atoms with E-state index in [-0.39, 0.29) is 17.7 Å². The largest absolute Gasteiger partial charge is 0.378 e. The predicted octanol–water partition coefficient (Wildman–Crippen LogP) is 1.75. The molecule has 154 valence electrons. The van der Waals surface area contributed by atoms with E-state index in [2.05, 4.69) is 5.32 Å². The van der Waals surface area contributed by atoms with Gasteiger partial charge in [0, 0.05) is 13.1 Å². The molecule has 0 aromatic heterocycles. The first-order chi connectivity index (χ1) is 13.4. The molecule has 2 rings (SSSR count). The summed E-state index contributed by atoms with van der Waals surface area (Å²) in [5, 5.41) is 2.83. The number of urea groups is 1. The molecule has 0 saturated carbocycles. The highest BCUT2D eigenvalue weighted by atomic mass is 16.5. The second kappa shape index (κ2) is 10.8. The number of ketones is 1. The molecule has 0 spiro atoms. The van der Waals surface area contributed by atoms with Crippen LogP contribution in [0.25, 0.3) is 0 Å². The first kappa shape index (κ1) is 21.9. The minimum Gasteiger partial charge on any atom is -0.378 e. The number of hydrogen-bond donors (Lipinski definition) is 2. The van der Waals surface area contributed by atoms with Gasteiger partial charge in [0.05, 0.1) is 25.2 Å². The Morgan fingerprint density at radius 1 is 1.14 bits per heavy atom. The molecule has 1 aromatic rings. The zero-order valence-corrected chi connectivity index (χ0v) is 16.7. The Hall–Kier alpha value is -2.41. The molecule has 1 fully saturated rings. The molecule has 1 heterocycles. The van der Waals surface area contributed by atoms with Gasteiger partial charge < -0.3 is 20.7 Å². The molecule has 2 atom stereocenters. The van der Waals surface area contributed by atoms with Crippen LogP contribution < -0.4 is 11.1 Å². The van der Waals surface area contributed by atoms with Gasteiger partial charge in [-0.3, -0.25) is 9.59 Å². The minimum absolute atomic E-state index is 0.182. The number of nitrogens with two attached hydrogens (primary N) is 1. The second-order valence-electron chi connectivity index (χ2n) is 7.61. The fourth-order valence-electron chi connectivity index (χ4n) is 3.35. The third kappa shape index (κ3) is 6.64. The quantitative estimate of drug-likeness (QED) is 0.628. The summed E-state index contributed by atoms with van der Waals surface area (Å²) in [6.07, 6.45) is 1.37. The summed E-state index contributed by atoms with van der Waals surface area (Å²) < 4.78 is 5.26. The van der Waals surface area contributed by atoms with Crippen LogP contribution in [-0.4, -0.2) is 55.0 Å². The van der Waals surface area contributed by atoms with Crippen LogP contribution in [0.5, 0.6) is 0 Å². The minimum atomic E-state index is -0.922. The highest BCUT2D eigenvalue weighted by Gasteiger charge is 2.33. The van der Waals surface area contributed by atoms with Gasteiger partial charge in [-0.05, 0) is 30.7 Å². The number of ether oxygens (including phenoxy) is 1. The van der Waals surface area contributed by atoms with Gasteiger partial charge in [0.2, 0.25) is 5.91 Å². The summed E-state index contributed by atoms with van der Waals surface area (Å²) in [6, 6.07) is 8.63. The number of aryl methyl sites for hydroxylation is 1. The number of amides is 3. The maximum atomic E-state index is 13.1. The lowest BCUT2D eigenvalue weighted by atomic mass is 9.88. The van der Waals surface area contributed by atoms with Gasteiger partial charge in [-0.1, -0.05) is 44.2 Å². The van der Waals surface area contributed by atoms with Crippen LogP contribution in [0.2, 0.25) is 0 Å². The van der Waals surface area contributed by atoms with Crippen molar-refractivity contribution in [2.24, 2.45) is 17.6 Å². The number of morpholine rings is 1. The van der Waals surface area contributed by atoms with E-state index < -0.39 is 17.9 Å². The van der Waals surface area contributed by atoms with Crippen molar-refractivity contribution in [3.63, 3.8) is 0 Å². The number of Topliss-reactive ketones (excluding diaryl/α,β-unsaturated/α-hetero) is 1. The molecule has 2 unspecified atom stereocenters. The lowest BCUT2D eigenvalue weighted by Gasteiger charge is -2.30. The van der Waals surface area contributed by atoms with Gasteiger partial charge in [0.15, 0.2) is 5.78 Å². The van der Waals surface area contributed by atoms with Gasteiger partial charge in [0.25, 0.3) is 0 Å². The Morgan fingerprint density at radius 2 is 1.79 bits per heavy atom. The SMILES string of the molecule is CC(C)CC(NC(=O)N1CCOCC1)C(=O)C(CCc1ccccc1)C(N)=O. The molecular formula is C21H31N3O4. The topological polar surface area (TPSA) is 102 Å². The summed E-state index contributed by atoms with van der Waals surface area (Å²) in [4.78, 5) is 39.3. The lowest BCUT2D eigenvalue weighted by molar-refractivity contribution is -0.133. The maximum Gasteiger partial charge on any atom is 0.318 e. The molecule has 0 radical (unpaired) electrons. The fourth-order valence-corrected chi connectivity index (χ4v) is 3.35. The zero-order valence-electron chi connectivity index (χ0n) is 16.7. The van der Waals surface area contributed by atoms with Gasteiger partial charge in [-0.2, -0.15) is 0 Å². The average molecular weight is 389 g/mol. The van der Waals surface area contributed by atoms with Crippen LogP contribution in [0.15, 0.2) is 30.3 Å². The number of primary amides is 1. The Labute approximate surface area is 166 Å². The number of nitrogens with one attached hydrogen (secondary N) is 1. The van der Waals surface area contributed by atoms with E-state index in [1.165, 1.54) is 0 Å². The van der Waals surface area contributed by atoms with E-state index in [1.807, 2.05) is 44.2 Å². The molecule has 28 heavy (non-hydrogen) atoms. The van der Waals surface area contributed by atoms with Gasteiger partial charge in [0.1, 0.15) is 0 Å². The predicted molar refractivity (Wildman–Crippen MR) is 107 cm³/mol. The molecule has 3 N–H and O–H groups in total. The van der Waals surface area contributed by atoms with Crippen molar-refractivity contribution >= 4 is 17.7 Å². The lowest BCUT2D eigenvalue weighted by Crippen LogP contribution is -2.53. The van der Waals surface area contributed by atoms with Crippen LogP contribution in [0.4, 0.5) is 4.79 Å². The first-order valence-corrected chi connectivity index (χ1v) is 9.88. The van der Waals surface area contributed by atoms with Crippen molar-refractivity contribution < 1.29 is 19.1 Å². The highest BCUT2D eigenvalue weighted by Crippen LogP contribution is 2.17. The summed E-state index contributed by atoms with van der Waals surface area (Å²) in [5.74, 6) is -1.69. The normalized spacial score (nSPS) is 16.5. The Kier molecular flexibility index (Phi) is 8.44.